The Morgan fingerprint density at radius 3 is 2.38 bits per heavy atom. The van der Waals surface area contributed by atoms with E-state index in [0.717, 1.165) is 28.7 Å². The van der Waals surface area contributed by atoms with Crippen molar-refractivity contribution >= 4 is 17.5 Å². The highest BCUT2D eigenvalue weighted by Gasteiger charge is 2.23. The number of nitrogens with zero attached hydrogens (tertiary/aromatic N) is 2. The monoisotopic (exact) mass is 519 g/mol. The van der Waals surface area contributed by atoms with Crippen molar-refractivity contribution in [3.8, 4) is 16.9 Å². The van der Waals surface area contributed by atoms with Gasteiger partial charge in [0.15, 0.2) is 0 Å². The molecule has 0 bridgehead atoms. The maximum atomic E-state index is 13.0. The average molecular weight is 520 g/mol. The number of carbonyl (C=O) groups is 2. The number of ether oxygens (including phenoxy) is 1. The Bertz CT molecular complexity index is 1590. The molecule has 0 fully saturated rings. The first kappa shape index (κ1) is 25.7. The molecule has 0 saturated carbocycles. The van der Waals surface area contributed by atoms with Gasteiger partial charge in [0.2, 0.25) is 0 Å². The zero-order valence-electron chi connectivity index (χ0n) is 21.6. The first-order valence-corrected chi connectivity index (χ1v) is 12.9. The Kier molecular flexibility index (Phi) is 7.68. The molecule has 2 heterocycles. The Morgan fingerprint density at radius 1 is 0.897 bits per heavy atom. The lowest BCUT2D eigenvalue weighted by Crippen LogP contribution is -2.42. The van der Waals surface area contributed by atoms with Gasteiger partial charge in [0.05, 0.1) is 0 Å². The number of fused-ring (bicyclic) bond motifs is 1. The van der Waals surface area contributed by atoms with Crippen LogP contribution in [0.25, 0.3) is 16.8 Å². The molecule has 0 radical (unpaired) electrons. The molecule has 1 atom stereocenters. The van der Waals surface area contributed by atoms with Crippen molar-refractivity contribution in [1.82, 2.24) is 14.7 Å². The first-order chi connectivity index (χ1) is 19.0. The lowest BCUT2D eigenvalue weighted by molar-refractivity contribution is -0.139. The molecular formula is C32H29N3O4. The number of carboxylic acids is 1. The van der Waals surface area contributed by atoms with Crippen LogP contribution in [0.1, 0.15) is 34.1 Å². The van der Waals surface area contributed by atoms with E-state index in [-0.39, 0.29) is 12.1 Å². The summed E-state index contributed by atoms with van der Waals surface area (Å²) in [6.45, 7) is 2.56. The number of carboxylic acid groups (broad SMARTS) is 1. The third-order valence-corrected chi connectivity index (χ3v) is 6.61. The van der Waals surface area contributed by atoms with Crippen molar-refractivity contribution in [1.29, 1.82) is 0 Å². The summed E-state index contributed by atoms with van der Waals surface area (Å²) >= 11 is 0. The van der Waals surface area contributed by atoms with Crippen LogP contribution in [0.4, 0.5) is 0 Å². The number of pyridine rings is 1. The minimum Gasteiger partial charge on any atom is -0.489 e. The van der Waals surface area contributed by atoms with E-state index >= 15 is 0 Å². The number of rotatable bonds is 10. The second-order valence-electron chi connectivity index (χ2n) is 9.31. The Balaban J connectivity index is 1.25. The minimum atomic E-state index is -1.12. The van der Waals surface area contributed by atoms with Gasteiger partial charge in [-0.15, -0.1) is 0 Å². The zero-order chi connectivity index (χ0) is 27.2. The topological polar surface area (TPSA) is 92.9 Å². The van der Waals surface area contributed by atoms with E-state index < -0.39 is 17.9 Å². The van der Waals surface area contributed by atoms with Crippen molar-refractivity contribution in [2.45, 2.75) is 32.4 Å². The summed E-state index contributed by atoms with van der Waals surface area (Å²) in [7, 11) is 0. The van der Waals surface area contributed by atoms with E-state index in [1.807, 2.05) is 72.9 Å². The van der Waals surface area contributed by atoms with Gasteiger partial charge in [0.25, 0.3) is 5.91 Å². The van der Waals surface area contributed by atoms with Crippen molar-refractivity contribution in [3.05, 3.63) is 126 Å². The molecule has 3 aromatic carbocycles. The summed E-state index contributed by atoms with van der Waals surface area (Å²) in [5.41, 5.74) is 5.97. The van der Waals surface area contributed by atoms with Crippen molar-refractivity contribution in [3.63, 3.8) is 0 Å². The fraction of sp³-hybridized carbons (Fsp3) is 0.156. The lowest BCUT2D eigenvalue weighted by Gasteiger charge is -2.14. The van der Waals surface area contributed by atoms with E-state index in [1.165, 1.54) is 5.56 Å². The smallest absolute Gasteiger partial charge is 0.326 e. The van der Waals surface area contributed by atoms with Crippen molar-refractivity contribution in [2.75, 3.05) is 0 Å². The van der Waals surface area contributed by atoms with E-state index in [2.05, 4.69) is 29.4 Å². The van der Waals surface area contributed by atoms with Crippen molar-refractivity contribution in [2.24, 2.45) is 0 Å². The van der Waals surface area contributed by atoms with E-state index in [4.69, 9.17) is 4.74 Å². The number of benzene rings is 3. The normalized spacial score (nSPS) is 11.7. The van der Waals surface area contributed by atoms with Gasteiger partial charge < -0.3 is 19.6 Å². The molecule has 0 aliphatic rings. The third kappa shape index (κ3) is 6.15. The predicted molar refractivity (Wildman–Crippen MR) is 150 cm³/mol. The summed E-state index contributed by atoms with van der Waals surface area (Å²) in [6.07, 6.45) is 4.60. The van der Waals surface area contributed by atoms with Crippen LogP contribution < -0.4 is 10.1 Å². The molecule has 39 heavy (non-hydrogen) atoms. The maximum Gasteiger partial charge on any atom is 0.326 e. The Labute approximate surface area is 226 Å². The second kappa shape index (κ2) is 11.6. The number of hydrogen-bond donors (Lipinski definition) is 2. The van der Waals surface area contributed by atoms with Crippen LogP contribution in [0, 0.1) is 0 Å². The fourth-order valence-electron chi connectivity index (χ4n) is 4.50. The number of carbonyl (C=O) groups excluding carboxylic acids is 1. The van der Waals surface area contributed by atoms with Crippen LogP contribution in [-0.2, 0) is 24.2 Å². The maximum absolute atomic E-state index is 13.0. The molecule has 0 saturated heterocycles. The first-order valence-electron chi connectivity index (χ1n) is 12.9. The van der Waals surface area contributed by atoms with Crippen molar-refractivity contribution < 1.29 is 19.4 Å². The molecule has 0 spiro atoms. The van der Waals surface area contributed by atoms with E-state index in [9.17, 15) is 14.7 Å². The van der Waals surface area contributed by atoms with Gasteiger partial charge in [-0.25, -0.2) is 9.78 Å². The molecular weight excluding hydrogens is 490 g/mol. The summed E-state index contributed by atoms with van der Waals surface area (Å²) in [5, 5.41) is 12.4. The Morgan fingerprint density at radius 2 is 1.64 bits per heavy atom. The van der Waals surface area contributed by atoms with Gasteiger partial charge >= 0.3 is 5.97 Å². The average Bonchev–Trinajstić information content (AvgIpc) is 3.40. The number of aromatic nitrogens is 2. The molecule has 196 valence electrons. The molecule has 5 aromatic rings. The number of hydrogen-bond acceptors (Lipinski definition) is 4. The number of nitrogens with one attached hydrogen (secondary N) is 1. The quantitative estimate of drug-likeness (QED) is 0.252. The van der Waals surface area contributed by atoms with Crippen LogP contribution >= 0.6 is 0 Å². The highest BCUT2D eigenvalue weighted by molar-refractivity contribution is 5.95. The number of imidazole rings is 1. The molecule has 2 N–H and O–H groups in total. The van der Waals surface area contributed by atoms with Crippen LogP contribution in [-0.4, -0.2) is 32.4 Å². The van der Waals surface area contributed by atoms with Crippen LogP contribution in [0.5, 0.6) is 5.75 Å². The van der Waals surface area contributed by atoms with Gasteiger partial charge in [-0.05, 0) is 58.5 Å². The lowest BCUT2D eigenvalue weighted by atomic mass is 9.99. The molecule has 7 heteroatoms. The van der Waals surface area contributed by atoms with Crippen LogP contribution in [0.3, 0.4) is 0 Å². The highest BCUT2D eigenvalue weighted by atomic mass is 16.5. The predicted octanol–water partition coefficient (Wildman–Crippen LogP) is 5.57. The second-order valence-corrected chi connectivity index (χ2v) is 9.31. The van der Waals surface area contributed by atoms with Crippen LogP contribution in [0.15, 0.2) is 103 Å². The van der Waals surface area contributed by atoms with Gasteiger partial charge in [0, 0.05) is 18.8 Å². The SMILES string of the molecule is CCc1ccccc1-c1ccc2nc(C(=O)N[C@@H](Cc3ccc(OCc4ccccc4)cc3)C(=O)O)cn2c1. The van der Waals surface area contributed by atoms with Gasteiger partial charge in [-0.3, -0.25) is 4.79 Å². The summed E-state index contributed by atoms with van der Waals surface area (Å²) in [6, 6.07) is 28.0. The number of aliphatic carboxylic acids is 1. The molecule has 5 rings (SSSR count). The minimum absolute atomic E-state index is 0.130. The standard InChI is InChI=1S/C32H29N3O4/c1-2-24-10-6-7-11-27(24)25-14-17-30-33-29(20-35(30)19-25)31(36)34-28(32(37)38)18-22-12-15-26(16-13-22)39-21-23-8-4-3-5-9-23/h3-17,19-20,28H,2,18,21H2,1H3,(H,34,36)(H,37,38)/t28-/m0/s1. The largest absolute Gasteiger partial charge is 0.489 e. The van der Waals surface area contributed by atoms with Crippen LogP contribution in [0.2, 0.25) is 0 Å². The third-order valence-electron chi connectivity index (χ3n) is 6.61. The molecule has 0 unspecified atom stereocenters. The number of amides is 1. The summed E-state index contributed by atoms with van der Waals surface area (Å²) in [5.74, 6) is -0.969. The fourth-order valence-corrected chi connectivity index (χ4v) is 4.50. The van der Waals surface area contributed by atoms with Gasteiger partial charge in [-0.1, -0.05) is 73.7 Å². The molecule has 7 nitrogen and oxygen atoms in total. The molecule has 0 aliphatic carbocycles. The molecule has 2 aromatic heterocycles. The van der Waals surface area contributed by atoms with E-state index in [0.29, 0.717) is 18.0 Å². The highest BCUT2D eigenvalue weighted by Crippen LogP contribution is 2.25. The molecule has 1 amide bonds. The van der Waals surface area contributed by atoms with Gasteiger partial charge in [0.1, 0.15) is 29.7 Å². The summed E-state index contributed by atoms with van der Waals surface area (Å²) in [4.78, 5) is 29.4. The van der Waals surface area contributed by atoms with E-state index in [1.54, 1.807) is 22.7 Å². The van der Waals surface area contributed by atoms with Gasteiger partial charge in [-0.2, -0.15) is 0 Å². The molecule has 0 aliphatic heterocycles. The zero-order valence-corrected chi connectivity index (χ0v) is 21.6. The number of aryl methyl sites for hydroxylation is 1. The summed E-state index contributed by atoms with van der Waals surface area (Å²) < 4.78 is 7.60. The Hall–Kier alpha value is -4.91.